The van der Waals surface area contributed by atoms with Crippen molar-refractivity contribution >= 4 is 21.6 Å². The molecule has 0 spiro atoms. The lowest BCUT2D eigenvalue weighted by molar-refractivity contribution is -0.127. The van der Waals surface area contributed by atoms with E-state index in [0.717, 1.165) is 16.1 Å². The molecule has 3 aromatic rings. The quantitative estimate of drug-likeness (QED) is 0.518. The van der Waals surface area contributed by atoms with Crippen LogP contribution in [0.2, 0.25) is 0 Å². The summed E-state index contributed by atoms with van der Waals surface area (Å²) in [6.45, 7) is 8.12. The van der Waals surface area contributed by atoms with Gasteiger partial charge in [-0.2, -0.15) is 4.98 Å². The van der Waals surface area contributed by atoms with Crippen LogP contribution in [-0.4, -0.2) is 43.9 Å². The number of amides is 1. The fraction of sp³-hybridized carbons (Fsp3) is 0.375. The van der Waals surface area contributed by atoms with Gasteiger partial charge in [0.1, 0.15) is 5.75 Å². The van der Waals surface area contributed by atoms with Crippen LogP contribution in [-0.2, 0) is 26.8 Å². The second kappa shape index (κ2) is 9.84. The number of aromatic nitrogens is 2. The number of carbonyl (C=O) groups is 1. The predicted octanol–water partition coefficient (Wildman–Crippen LogP) is 3.51. The first-order chi connectivity index (χ1) is 15.8. The molecule has 3 rings (SSSR count). The number of hydrogen-bond donors (Lipinski definition) is 1. The van der Waals surface area contributed by atoms with Gasteiger partial charge in [-0.15, -0.1) is 0 Å². The van der Waals surface area contributed by atoms with Gasteiger partial charge in [-0.25, -0.2) is 8.42 Å². The molecule has 0 aliphatic heterocycles. The monoisotopic (exact) mass is 486 g/mol. The smallest absolute Gasteiger partial charge is 0.261 e. The van der Waals surface area contributed by atoms with Crippen molar-refractivity contribution in [3.63, 3.8) is 0 Å². The first kappa shape index (κ1) is 25.2. The molecule has 9 nitrogen and oxygen atoms in total. The third-order valence-electron chi connectivity index (χ3n) is 5.27. The highest BCUT2D eigenvalue weighted by Gasteiger charge is 2.18. The highest BCUT2D eigenvalue weighted by Crippen LogP contribution is 2.25. The molecule has 0 bridgehead atoms. The summed E-state index contributed by atoms with van der Waals surface area (Å²) in [5.41, 5.74) is 2.58. The zero-order chi connectivity index (χ0) is 25.1. The van der Waals surface area contributed by atoms with Crippen LogP contribution >= 0.6 is 0 Å². The summed E-state index contributed by atoms with van der Waals surface area (Å²) in [4.78, 5) is 16.8. The Morgan fingerprint density at radius 1 is 1.12 bits per heavy atom. The molecule has 1 amide bonds. The van der Waals surface area contributed by atoms with Crippen LogP contribution in [0, 0.1) is 0 Å². The van der Waals surface area contributed by atoms with Gasteiger partial charge < -0.3 is 14.6 Å². The van der Waals surface area contributed by atoms with Crippen molar-refractivity contribution in [2.75, 3.05) is 17.6 Å². The predicted molar refractivity (Wildman–Crippen MR) is 130 cm³/mol. The van der Waals surface area contributed by atoms with Gasteiger partial charge in [-0.1, -0.05) is 50.2 Å². The molecule has 0 aliphatic carbocycles. The van der Waals surface area contributed by atoms with Gasteiger partial charge in [0, 0.05) is 12.6 Å². The van der Waals surface area contributed by atoms with E-state index in [1.54, 1.807) is 31.2 Å². The summed E-state index contributed by atoms with van der Waals surface area (Å²) in [5, 5.41) is 6.71. The molecule has 0 saturated heterocycles. The van der Waals surface area contributed by atoms with Crippen molar-refractivity contribution in [2.24, 2.45) is 0 Å². The van der Waals surface area contributed by atoms with Gasteiger partial charge in [-0.3, -0.25) is 9.10 Å². The first-order valence-corrected chi connectivity index (χ1v) is 12.6. The van der Waals surface area contributed by atoms with Crippen LogP contribution in [0.3, 0.4) is 0 Å². The number of rotatable bonds is 8. The first-order valence-electron chi connectivity index (χ1n) is 10.8. The van der Waals surface area contributed by atoms with Gasteiger partial charge in [-0.05, 0) is 42.2 Å². The van der Waals surface area contributed by atoms with Gasteiger partial charge in [0.15, 0.2) is 6.10 Å². The van der Waals surface area contributed by atoms with E-state index in [2.05, 4.69) is 36.2 Å². The van der Waals surface area contributed by atoms with Gasteiger partial charge in [0.2, 0.25) is 21.7 Å². The summed E-state index contributed by atoms with van der Waals surface area (Å²) >= 11 is 0. The van der Waals surface area contributed by atoms with E-state index < -0.39 is 16.1 Å². The van der Waals surface area contributed by atoms with E-state index in [-0.39, 0.29) is 23.8 Å². The summed E-state index contributed by atoms with van der Waals surface area (Å²) < 4.78 is 35.3. The maximum absolute atomic E-state index is 12.4. The number of ether oxygens (including phenoxy) is 1. The van der Waals surface area contributed by atoms with Crippen molar-refractivity contribution in [3.8, 4) is 17.1 Å². The van der Waals surface area contributed by atoms with Crippen LogP contribution < -0.4 is 14.4 Å². The Morgan fingerprint density at radius 2 is 1.74 bits per heavy atom. The zero-order valence-corrected chi connectivity index (χ0v) is 21.0. The average Bonchev–Trinajstić information content (AvgIpc) is 3.25. The Kier molecular flexibility index (Phi) is 7.30. The summed E-state index contributed by atoms with van der Waals surface area (Å²) in [7, 11) is -1.89. The lowest BCUT2D eigenvalue weighted by atomic mass is 9.87. The maximum atomic E-state index is 12.4. The van der Waals surface area contributed by atoms with Crippen LogP contribution in [0.4, 0.5) is 5.69 Å². The Labute approximate surface area is 200 Å². The van der Waals surface area contributed by atoms with Crippen LogP contribution in [0.25, 0.3) is 11.4 Å². The lowest BCUT2D eigenvalue weighted by Gasteiger charge is -2.18. The fourth-order valence-electron chi connectivity index (χ4n) is 3.05. The molecule has 0 fully saturated rings. The fourth-order valence-corrected chi connectivity index (χ4v) is 3.56. The maximum Gasteiger partial charge on any atom is 0.261 e. The molecule has 1 atom stereocenters. The molecular weight excluding hydrogens is 456 g/mol. The summed E-state index contributed by atoms with van der Waals surface area (Å²) in [5.74, 6) is 0.815. The van der Waals surface area contributed by atoms with Gasteiger partial charge >= 0.3 is 0 Å². The van der Waals surface area contributed by atoms with Gasteiger partial charge in [0.05, 0.1) is 18.5 Å². The molecule has 1 aromatic heterocycles. The molecule has 0 radical (unpaired) electrons. The molecule has 1 heterocycles. The Balaban J connectivity index is 1.54. The standard InChI is InChI=1S/C24H30N4O5S/c1-16(32-20-13-11-19(12-14-20)28(5)34(6,30)31)23(29)25-15-21-26-22(27-33-21)17-7-9-18(10-8-17)24(2,3)4/h7-14,16H,15H2,1-6H3,(H,25,29)/t16-/m0/s1. The number of nitrogens with zero attached hydrogens (tertiary/aromatic N) is 3. The molecule has 0 saturated carbocycles. The second-order valence-electron chi connectivity index (χ2n) is 9.04. The number of hydrogen-bond acceptors (Lipinski definition) is 7. The van der Waals surface area contributed by atoms with Crippen LogP contribution in [0.15, 0.2) is 53.1 Å². The summed E-state index contributed by atoms with van der Waals surface area (Å²) in [6, 6.07) is 14.4. The minimum atomic E-state index is -3.35. The van der Waals surface area contributed by atoms with Crippen molar-refractivity contribution in [1.82, 2.24) is 15.5 Å². The third kappa shape index (κ3) is 6.34. The van der Waals surface area contributed by atoms with E-state index in [4.69, 9.17) is 9.26 Å². The highest BCUT2D eigenvalue weighted by atomic mass is 32.2. The molecular formula is C24H30N4O5S. The topological polar surface area (TPSA) is 115 Å². The van der Waals surface area contributed by atoms with Crippen LogP contribution in [0.1, 0.15) is 39.1 Å². The molecule has 10 heteroatoms. The molecule has 0 unspecified atom stereocenters. The van der Waals surface area contributed by atoms with Crippen molar-refractivity contribution in [2.45, 2.75) is 45.8 Å². The number of benzene rings is 2. The zero-order valence-electron chi connectivity index (χ0n) is 20.2. The molecule has 34 heavy (non-hydrogen) atoms. The van der Waals surface area contributed by atoms with E-state index in [1.165, 1.54) is 12.6 Å². The van der Waals surface area contributed by atoms with Gasteiger partial charge in [0.25, 0.3) is 5.91 Å². The highest BCUT2D eigenvalue weighted by molar-refractivity contribution is 7.92. The molecule has 1 N–H and O–H groups in total. The largest absolute Gasteiger partial charge is 0.481 e. The summed E-state index contributed by atoms with van der Waals surface area (Å²) in [6.07, 6.45) is 0.338. The molecule has 0 aliphatic rings. The third-order valence-corrected chi connectivity index (χ3v) is 6.48. The normalized spacial score (nSPS) is 12.8. The minimum Gasteiger partial charge on any atom is -0.481 e. The van der Waals surface area contributed by atoms with Crippen LogP contribution in [0.5, 0.6) is 5.75 Å². The van der Waals surface area contributed by atoms with E-state index in [1.807, 2.05) is 24.3 Å². The SMILES string of the molecule is C[C@H](Oc1ccc(N(C)S(C)(=O)=O)cc1)C(=O)NCc1nc(-c2ccc(C(C)(C)C)cc2)no1. The number of carbonyl (C=O) groups excluding carboxylic acids is 1. The Bertz CT molecular complexity index is 1230. The lowest BCUT2D eigenvalue weighted by Crippen LogP contribution is -2.36. The van der Waals surface area contributed by atoms with E-state index in [0.29, 0.717) is 17.3 Å². The van der Waals surface area contributed by atoms with E-state index >= 15 is 0 Å². The second-order valence-corrected chi connectivity index (χ2v) is 11.1. The van der Waals surface area contributed by atoms with E-state index in [9.17, 15) is 13.2 Å². The number of anilines is 1. The molecule has 182 valence electrons. The van der Waals surface area contributed by atoms with Crippen molar-refractivity contribution in [1.29, 1.82) is 0 Å². The average molecular weight is 487 g/mol. The molecule has 2 aromatic carbocycles. The Hall–Kier alpha value is -3.40. The van der Waals surface area contributed by atoms with Crippen molar-refractivity contribution < 1.29 is 22.5 Å². The Morgan fingerprint density at radius 3 is 2.29 bits per heavy atom. The minimum absolute atomic E-state index is 0.0541. The number of nitrogens with one attached hydrogen (secondary N) is 1. The van der Waals surface area contributed by atoms with Crippen molar-refractivity contribution in [3.05, 3.63) is 60.0 Å². The number of sulfonamides is 1.